The van der Waals surface area contributed by atoms with Crippen molar-refractivity contribution in [3.63, 3.8) is 0 Å². The summed E-state index contributed by atoms with van der Waals surface area (Å²) in [7, 11) is 0. The Morgan fingerprint density at radius 1 is 1.00 bits per heavy atom. The van der Waals surface area contributed by atoms with Gasteiger partial charge in [-0.25, -0.2) is 4.68 Å². The summed E-state index contributed by atoms with van der Waals surface area (Å²) in [5.74, 6) is -0.198. The fraction of sp³-hybridized carbons (Fsp3) is 0.0455. The van der Waals surface area contributed by atoms with Crippen LogP contribution in [0.15, 0.2) is 85.3 Å². The number of halogens is 1. The van der Waals surface area contributed by atoms with E-state index in [1.54, 1.807) is 29.3 Å². The third kappa shape index (κ3) is 3.80. The van der Waals surface area contributed by atoms with Crippen molar-refractivity contribution in [3.8, 4) is 16.9 Å². The highest BCUT2D eigenvalue weighted by Crippen LogP contribution is 2.27. The number of rotatable bonds is 5. The Balaban J connectivity index is 1.72. The number of benzene rings is 2. The summed E-state index contributed by atoms with van der Waals surface area (Å²) in [4.78, 5) is 17.0. The van der Waals surface area contributed by atoms with E-state index in [0.717, 1.165) is 16.8 Å². The Hall–Kier alpha value is -3.44. The van der Waals surface area contributed by atoms with Gasteiger partial charge in [-0.05, 0) is 29.8 Å². The van der Waals surface area contributed by atoms with Crippen LogP contribution in [-0.2, 0) is 6.54 Å². The molecule has 5 nitrogen and oxygen atoms in total. The van der Waals surface area contributed by atoms with Crippen LogP contribution in [0.5, 0.6) is 0 Å². The third-order valence-corrected chi connectivity index (χ3v) is 4.52. The van der Waals surface area contributed by atoms with Crippen LogP contribution in [-0.4, -0.2) is 20.7 Å². The minimum atomic E-state index is -0.198. The molecule has 0 atom stereocenters. The highest BCUT2D eigenvalue weighted by molar-refractivity contribution is 6.30. The molecule has 0 aliphatic carbocycles. The van der Waals surface area contributed by atoms with Crippen LogP contribution in [0.25, 0.3) is 16.9 Å². The number of pyridine rings is 1. The smallest absolute Gasteiger partial charge is 0.255 e. The van der Waals surface area contributed by atoms with Gasteiger partial charge in [0.1, 0.15) is 0 Å². The van der Waals surface area contributed by atoms with Crippen LogP contribution in [0.2, 0.25) is 5.02 Å². The minimum absolute atomic E-state index is 0.198. The molecule has 1 amide bonds. The van der Waals surface area contributed by atoms with Crippen LogP contribution in [0, 0.1) is 0 Å². The topological polar surface area (TPSA) is 59.8 Å². The van der Waals surface area contributed by atoms with Gasteiger partial charge in [-0.15, -0.1) is 0 Å². The van der Waals surface area contributed by atoms with Crippen LogP contribution in [0.4, 0.5) is 0 Å². The summed E-state index contributed by atoms with van der Waals surface area (Å²) < 4.78 is 1.74. The van der Waals surface area contributed by atoms with Gasteiger partial charge in [0.2, 0.25) is 0 Å². The molecule has 0 aliphatic rings. The van der Waals surface area contributed by atoms with Crippen molar-refractivity contribution in [2.75, 3.05) is 0 Å². The monoisotopic (exact) mass is 388 g/mol. The van der Waals surface area contributed by atoms with Crippen molar-refractivity contribution >= 4 is 17.5 Å². The molecule has 0 saturated carbocycles. The standard InChI is InChI=1S/C22H17ClN4O/c23-18-9-4-10-19(12-18)27-21(17-7-2-1-3-8-17)20(15-26-27)22(28)25-14-16-6-5-11-24-13-16/h1-13,15H,14H2,(H,25,28). The molecule has 0 spiro atoms. The summed E-state index contributed by atoms with van der Waals surface area (Å²) >= 11 is 6.15. The lowest BCUT2D eigenvalue weighted by Crippen LogP contribution is -2.23. The molecule has 2 heterocycles. The second kappa shape index (κ2) is 8.06. The van der Waals surface area contributed by atoms with E-state index in [2.05, 4.69) is 15.4 Å². The van der Waals surface area contributed by atoms with Gasteiger partial charge >= 0.3 is 0 Å². The van der Waals surface area contributed by atoms with E-state index >= 15 is 0 Å². The van der Waals surface area contributed by atoms with Gasteiger partial charge in [0.05, 0.1) is 23.1 Å². The lowest BCUT2D eigenvalue weighted by atomic mass is 10.1. The Labute approximate surface area is 167 Å². The van der Waals surface area contributed by atoms with Crippen molar-refractivity contribution in [1.29, 1.82) is 0 Å². The Bertz CT molecular complexity index is 1090. The summed E-state index contributed by atoms with van der Waals surface area (Å²) in [6.07, 6.45) is 5.02. The molecule has 0 radical (unpaired) electrons. The second-order valence-corrected chi connectivity index (χ2v) is 6.64. The molecule has 2 aromatic heterocycles. The molecule has 4 rings (SSSR count). The summed E-state index contributed by atoms with van der Waals surface area (Å²) in [6, 6.07) is 20.9. The molecule has 1 N–H and O–H groups in total. The van der Waals surface area contributed by atoms with E-state index in [9.17, 15) is 4.79 Å². The van der Waals surface area contributed by atoms with Crippen molar-refractivity contribution < 1.29 is 4.79 Å². The van der Waals surface area contributed by atoms with Crippen LogP contribution in [0.1, 0.15) is 15.9 Å². The number of hydrogen-bond acceptors (Lipinski definition) is 3. The lowest BCUT2D eigenvalue weighted by Gasteiger charge is -2.11. The molecular weight excluding hydrogens is 372 g/mol. The zero-order chi connectivity index (χ0) is 19.3. The van der Waals surface area contributed by atoms with Gasteiger partial charge < -0.3 is 5.32 Å². The summed E-state index contributed by atoms with van der Waals surface area (Å²) in [6.45, 7) is 0.392. The fourth-order valence-electron chi connectivity index (χ4n) is 2.97. The van der Waals surface area contributed by atoms with Gasteiger partial charge in [-0.3, -0.25) is 9.78 Å². The molecule has 28 heavy (non-hydrogen) atoms. The average molecular weight is 389 g/mol. The Kier molecular flexibility index (Phi) is 5.17. The van der Waals surface area contributed by atoms with Gasteiger partial charge in [-0.1, -0.05) is 54.1 Å². The fourth-order valence-corrected chi connectivity index (χ4v) is 3.16. The van der Waals surface area contributed by atoms with Crippen LogP contribution >= 0.6 is 11.6 Å². The van der Waals surface area contributed by atoms with E-state index in [1.807, 2.05) is 60.7 Å². The molecular formula is C22H17ClN4O. The number of nitrogens with zero attached hydrogens (tertiary/aromatic N) is 3. The molecule has 0 bridgehead atoms. The first-order valence-electron chi connectivity index (χ1n) is 8.79. The number of hydrogen-bond donors (Lipinski definition) is 1. The van der Waals surface area contributed by atoms with Crippen molar-refractivity contribution in [2.24, 2.45) is 0 Å². The molecule has 6 heteroatoms. The van der Waals surface area contributed by atoms with E-state index in [0.29, 0.717) is 22.8 Å². The SMILES string of the molecule is O=C(NCc1cccnc1)c1cnn(-c2cccc(Cl)c2)c1-c1ccccc1. The van der Waals surface area contributed by atoms with Gasteiger partial charge in [0, 0.05) is 29.5 Å². The largest absolute Gasteiger partial charge is 0.348 e. The van der Waals surface area contributed by atoms with Gasteiger partial charge in [0.15, 0.2) is 0 Å². The first kappa shape index (κ1) is 17.9. The van der Waals surface area contributed by atoms with Gasteiger partial charge in [0.25, 0.3) is 5.91 Å². The van der Waals surface area contributed by atoms with Crippen molar-refractivity contribution in [3.05, 3.63) is 101 Å². The first-order valence-corrected chi connectivity index (χ1v) is 9.16. The molecule has 4 aromatic rings. The second-order valence-electron chi connectivity index (χ2n) is 6.21. The maximum Gasteiger partial charge on any atom is 0.255 e. The number of carbonyl (C=O) groups excluding carboxylic acids is 1. The zero-order valence-electron chi connectivity index (χ0n) is 14.9. The molecule has 2 aromatic carbocycles. The van der Waals surface area contributed by atoms with E-state index in [1.165, 1.54) is 0 Å². The molecule has 138 valence electrons. The average Bonchev–Trinajstić information content (AvgIpc) is 3.19. The van der Waals surface area contributed by atoms with E-state index < -0.39 is 0 Å². The molecule has 0 saturated heterocycles. The highest BCUT2D eigenvalue weighted by atomic mass is 35.5. The Morgan fingerprint density at radius 2 is 1.86 bits per heavy atom. The quantitative estimate of drug-likeness (QED) is 0.547. The molecule has 0 unspecified atom stereocenters. The van der Waals surface area contributed by atoms with Crippen LogP contribution < -0.4 is 5.32 Å². The minimum Gasteiger partial charge on any atom is -0.348 e. The number of carbonyl (C=O) groups is 1. The van der Waals surface area contributed by atoms with Gasteiger partial charge in [-0.2, -0.15) is 5.10 Å². The van der Waals surface area contributed by atoms with E-state index in [4.69, 9.17) is 11.6 Å². The summed E-state index contributed by atoms with van der Waals surface area (Å²) in [5.41, 5.74) is 3.82. The van der Waals surface area contributed by atoms with Crippen LogP contribution in [0.3, 0.4) is 0 Å². The third-order valence-electron chi connectivity index (χ3n) is 4.29. The number of nitrogens with one attached hydrogen (secondary N) is 1. The summed E-state index contributed by atoms with van der Waals surface area (Å²) in [5, 5.41) is 8.01. The predicted molar refractivity (Wildman–Crippen MR) is 109 cm³/mol. The highest BCUT2D eigenvalue weighted by Gasteiger charge is 2.20. The molecule has 0 fully saturated rings. The van der Waals surface area contributed by atoms with Crippen molar-refractivity contribution in [1.82, 2.24) is 20.1 Å². The number of aromatic nitrogens is 3. The van der Waals surface area contributed by atoms with E-state index in [-0.39, 0.29) is 5.91 Å². The maximum absolute atomic E-state index is 12.9. The normalized spacial score (nSPS) is 10.6. The Morgan fingerprint density at radius 3 is 2.61 bits per heavy atom. The number of amides is 1. The maximum atomic E-state index is 12.9. The first-order chi connectivity index (χ1) is 13.7. The zero-order valence-corrected chi connectivity index (χ0v) is 15.7. The lowest BCUT2D eigenvalue weighted by molar-refractivity contribution is 0.0951. The predicted octanol–water partition coefficient (Wildman–Crippen LogP) is 4.52. The molecule has 0 aliphatic heterocycles. The van der Waals surface area contributed by atoms with Crippen molar-refractivity contribution in [2.45, 2.75) is 6.54 Å².